The molecule has 0 aliphatic heterocycles. The van der Waals surface area contributed by atoms with Crippen molar-refractivity contribution in [3.63, 3.8) is 0 Å². The average Bonchev–Trinajstić information content (AvgIpc) is 2.53. The Morgan fingerprint density at radius 1 is 1.30 bits per heavy atom. The number of aromatic nitrogens is 1. The van der Waals surface area contributed by atoms with Crippen molar-refractivity contribution in [1.82, 2.24) is 10.3 Å². The van der Waals surface area contributed by atoms with E-state index in [0.717, 1.165) is 18.4 Å². The minimum Gasteiger partial charge on any atom is -0.481 e. The first-order chi connectivity index (χ1) is 9.74. The smallest absolute Gasteiger partial charge is 0.327 e. The van der Waals surface area contributed by atoms with Crippen molar-refractivity contribution in [2.75, 3.05) is 14.2 Å². The van der Waals surface area contributed by atoms with Crippen molar-refractivity contribution >= 4 is 5.97 Å². The number of carbonyl (C=O) groups excluding carboxylic acids is 1. The first-order valence-electron chi connectivity index (χ1n) is 7.08. The average molecular weight is 278 g/mol. The van der Waals surface area contributed by atoms with Gasteiger partial charge in [0.05, 0.1) is 14.2 Å². The van der Waals surface area contributed by atoms with Crippen LogP contribution in [0.2, 0.25) is 0 Å². The maximum absolute atomic E-state index is 12.0. The number of ether oxygens (including phenoxy) is 2. The standard InChI is InChI=1S/C15H22N2O3/c1-19-13-9-8-11(10-16-13)14(15(18)20-2)17-12-6-4-3-5-7-12/h8-10,12,14,17H,3-7H2,1-2H3. The highest BCUT2D eigenvalue weighted by atomic mass is 16.5. The van der Waals surface area contributed by atoms with Crippen LogP contribution in [-0.4, -0.2) is 31.2 Å². The Bertz CT molecular complexity index is 427. The molecule has 1 aromatic rings. The van der Waals surface area contributed by atoms with Gasteiger partial charge in [-0.05, 0) is 24.5 Å². The number of carbonyl (C=O) groups is 1. The van der Waals surface area contributed by atoms with Gasteiger partial charge in [0.15, 0.2) is 0 Å². The molecule has 1 fully saturated rings. The topological polar surface area (TPSA) is 60.5 Å². The number of esters is 1. The van der Waals surface area contributed by atoms with Crippen LogP contribution in [0.4, 0.5) is 0 Å². The summed E-state index contributed by atoms with van der Waals surface area (Å²) in [6.45, 7) is 0. The predicted octanol–water partition coefficient (Wildman–Crippen LogP) is 2.23. The van der Waals surface area contributed by atoms with Crippen molar-refractivity contribution in [2.45, 2.75) is 44.2 Å². The fourth-order valence-electron chi connectivity index (χ4n) is 2.61. The molecule has 1 unspecified atom stereocenters. The molecule has 20 heavy (non-hydrogen) atoms. The summed E-state index contributed by atoms with van der Waals surface area (Å²) in [6, 6.07) is 3.52. The van der Waals surface area contributed by atoms with Crippen molar-refractivity contribution < 1.29 is 14.3 Å². The zero-order chi connectivity index (χ0) is 14.4. The molecule has 1 saturated carbocycles. The van der Waals surface area contributed by atoms with Crippen LogP contribution in [0.15, 0.2) is 18.3 Å². The Labute approximate surface area is 119 Å². The van der Waals surface area contributed by atoms with Crippen molar-refractivity contribution in [3.8, 4) is 5.88 Å². The van der Waals surface area contributed by atoms with E-state index in [0.29, 0.717) is 11.9 Å². The van der Waals surface area contributed by atoms with E-state index in [2.05, 4.69) is 10.3 Å². The fraction of sp³-hybridized carbons (Fsp3) is 0.600. The Morgan fingerprint density at radius 3 is 2.60 bits per heavy atom. The Kier molecular flexibility index (Phi) is 5.35. The second-order valence-electron chi connectivity index (χ2n) is 5.09. The van der Waals surface area contributed by atoms with Gasteiger partial charge in [-0.1, -0.05) is 19.3 Å². The number of rotatable bonds is 5. The third-order valence-corrected chi connectivity index (χ3v) is 3.75. The molecule has 1 aliphatic rings. The number of nitrogens with zero attached hydrogens (tertiary/aromatic N) is 1. The lowest BCUT2D eigenvalue weighted by molar-refractivity contribution is -0.143. The third-order valence-electron chi connectivity index (χ3n) is 3.75. The molecule has 110 valence electrons. The summed E-state index contributed by atoms with van der Waals surface area (Å²) in [6.07, 6.45) is 7.59. The lowest BCUT2D eigenvalue weighted by Gasteiger charge is -2.27. The highest BCUT2D eigenvalue weighted by Crippen LogP contribution is 2.23. The maximum atomic E-state index is 12.0. The first-order valence-corrected chi connectivity index (χ1v) is 7.08. The summed E-state index contributed by atoms with van der Waals surface area (Å²) in [7, 11) is 2.98. The SMILES string of the molecule is COC(=O)C(NC1CCCCC1)c1ccc(OC)nc1. The van der Waals surface area contributed by atoms with E-state index in [4.69, 9.17) is 9.47 Å². The molecule has 1 heterocycles. The molecule has 1 atom stereocenters. The predicted molar refractivity (Wildman–Crippen MR) is 75.6 cm³/mol. The van der Waals surface area contributed by atoms with Crippen LogP contribution in [0.5, 0.6) is 5.88 Å². The van der Waals surface area contributed by atoms with Gasteiger partial charge in [0.2, 0.25) is 5.88 Å². The number of hydrogen-bond acceptors (Lipinski definition) is 5. The second kappa shape index (κ2) is 7.24. The molecule has 0 radical (unpaired) electrons. The summed E-state index contributed by atoms with van der Waals surface area (Å²) < 4.78 is 9.94. The number of methoxy groups -OCH3 is 2. The zero-order valence-corrected chi connectivity index (χ0v) is 12.1. The highest BCUT2D eigenvalue weighted by molar-refractivity contribution is 5.77. The van der Waals surface area contributed by atoms with Gasteiger partial charge < -0.3 is 9.47 Å². The van der Waals surface area contributed by atoms with Crippen LogP contribution in [0.25, 0.3) is 0 Å². The first kappa shape index (κ1) is 14.8. The van der Waals surface area contributed by atoms with E-state index < -0.39 is 6.04 Å². The van der Waals surface area contributed by atoms with E-state index in [-0.39, 0.29) is 5.97 Å². The molecule has 5 nitrogen and oxygen atoms in total. The molecule has 0 bridgehead atoms. The Hall–Kier alpha value is -1.62. The maximum Gasteiger partial charge on any atom is 0.327 e. The van der Waals surface area contributed by atoms with E-state index in [1.54, 1.807) is 19.4 Å². The largest absolute Gasteiger partial charge is 0.481 e. The second-order valence-corrected chi connectivity index (χ2v) is 5.09. The molecule has 0 spiro atoms. The Balaban J connectivity index is 2.10. The van der Waals surface area contributed by atoms with Crippen molar-refractivity contribution in [2.24, 2.45) is 0 Å². The summed E-state index contributed by atoms with van der Waals surface area (Å²) in [5.74, 6) is 0.262. The van der Waals surface area contributed by atoms with Crippen LogP contribution >= 0.6 is 0 Å². The van der Waals surface area contributed by atoms with Gasteiger partial charge >= 0.3 is 5.97 Å². The molecule has 1 aliphatic carbocycles. The van der Waals surface area contributed by atoms with Gasteiger partial charge in [0, 0.05) is 18.3 Å². The number of pyridine rings is 1. The van der Waals surface area contributed by atoms with Gasteiger partial charge in [-0.25, -0.2) is 9.78 Å². The van der Waals surface area contributed by atoms with E-state index in [9.17, 15) is 4.79 Å². The molecule has 0 saturated heterocycles. The molecule has 0 aromatic carbocycles. The van der Waals surface area contributed by atoms with Gasteiger partial charge in [-0.3, -0.25) is 5.32 Å². The minimum absolute atomic E-state index is 0.275. The molecule has 1 aromatic heterocycles. The van der Waals surface area contributed by atoms with Gasteiger partial charge in [-0.2, -0.15) is 0 Å². The van der Waals surface area contributed by atoms with E-state index in [1.807, 2.05) is 6.07 Å². The summed E-state index contributed by atoms with van der Waals surface area (Å²) >= 11 is 0. The molecule has 2 rings (SSSR count). The van der Waals surface area contributed by atoms with Crippen molar-refractivity contribution in [1.29, 1.82) is 0 Å². The number of nitrogens with one attached hydrogen (secondary N) is 1. The van der Waals surface area contributed by atoms with Crippen LogP contribution in [0.3, 0.4) is 0 Å². The molecule has 0 amide bonds. The van der Waals surface area contributed by atoms with Crippen LogP contribution < -0.4 is 10.1 Å². The minimum atomic E-state index is -0.457. The monoisotopic (exact) mass is 278 g/mol. The lowest BCUT2D eigenvalue weighted by Crippen LogP contribution is -2.38. The molecular weight excluding hydrogens is 256 g/mol. The highest BCUT2D eigenvalue weighted by Gasteiger charge is 2.25. The molecular formula is C15H22N2O3. The van der Waals surface area contributed by atoms with E-state index >= 15 is 0 Å². The summed E-state index contributed by atoms with van der Waals surface area (Å²) in [5.41, 5.74) is 0.809. The van der Waals surface area contributed by atoms with Gasteiger partial charge in [-0.15, -0.1) is 0 Å². The van der Waals surface area contributed by atoms with Crippen molar-refractivity contribution in [3.05, 3.63) is 23.9 Å². The van der Waals surface area contributed by atoms with E-state index in [1.165, 1.54) is 26.4 Å². The van der Waals surface area contributed by atoms with Crippen LogP contribution in [-0.2, 0) is 9.53 Å². The quantitative estimate of drug-likeness (QED) is 0.837. The normalized spacial score (nSPS) is 17.5. The fourth-order valence-corrected chi connectivity index (χ4v) is 2.61. The van der Waals surface area contributed by atoms with Gasteiger partial charge in [0.1, 0.15) is 6.04 Å². The molecule has 1 N–H and O–H groups in total. The van der Waals surface area contributed by atoms with Crippen LogP contribution in [0.1, 0.15) is 43.7 Å². The Morgan fingerprint density at radius 2 is 2.05 bits per heavy atom. The third kappa shape index (κ3) is 3.70. The lowest BCUT2D eigenvalue weighted by atomic mass is 9.94. The summed E-state index contributed by atoms with van der Waals surface area (Å²) in [5, 5.41) is 3.41. The summed E-state index contributed by atoms with van der Waals surface area (Å²) in [4.78, 5) is 16.2. The number of hydrogen-bond donors (Lipinski definition) is 1. The zero-order valence-electron chi connectivity index (χ0n) is 12.1. The van der Waals surface area contributed by atoms with Gasteiger partial charge in [0.25, 0.3) is 0 Å². The van der Waals surface area contributed by atoms with Crippen LogP contribution in [0, 0.1) is 0 Å². The molecule has 5 heteroatoms.